The number of carbonyl (C=O) groups is 1. The fourth-order valence-corrected chi connectivity index (χ4v) is 4.83. The van der Waals surface area contributed by atoms with Crippen molar-refractivity contribution in [1.29, 1.82) is 0 Å². The average Bonchev–Trinajstić information content (AvgIpc) is 3.25. The van der Waals surface area contributed by atoms with Gasteiger partial charge in [-0.05, 0) is 48.3 Å². The fraction of sp³-hybridized carbons (Fsp3) is 0.258. The molecule has 37 heavy (non-hydrogen) atoms. The molecule has 6 nitrogen and oxygen atoms in total. The smallest absolute Gasteiger partial charge is 0.235 e. The van der Waals surface area contributed by atoms with Crippen molar-refractivity contribution in [3.05, 3.63) is 94.8 Å². The highest BCUT2D eigenvalue weighted by atomic mass is 16.5. The summed E-state index contributed by atoms with van der Waals surface area (Å²) in [5, 5.41) is 0. The lowest BCUT2D eigenvalue weighted by Crippen LogP contribution is -2.28. The van der Waals surface area contributed by atoms with Crippen LogP contribution in [0.3, 0.4) is 0 Å². The molecule has 3 aromatic rings. The number of Topliss-reactive ketones (excluding diaryl/α,β-unsaturated/α-hetero) is 1. The molecule has 0 radical (unpaired) electrons. The van der Waals surface area contributed by atoms with Gasteiger partial charge < -0.3 is 18.9 Å². The topological polar surface area (TPSA) is 57.2 Å². The van der Waals surface area contributed by atoms with E-state index in [9.17, 15) is 4.79 Å². The van der Waals surface area contributed by atoms with E-state index in [0.29, 0.717) is 29.4 Å². The standard InChI is InChI=1S/C31H31NO5/c1-4-36-24-12-10-21(11-13-24)18-27-30(33)29-26(35-3)19-25(34-2)28(31(29)37-27)23-14-16-32(17-15-23)20-22-8-6-5-7-9-22/h5-14,18-19H,4,15-17,20H2,1-3H3. The number of ketones is 1. The van der Waals surface area contributed by atoms with E-state index in [0.717, 1.165) is 48.5 Å². The molecule has 0 aromatic heterocycles. The van der Waals surface area contributed by atoms with E-state index in [4.69, 9.17) is 18.9 Å². The normalized spacial score (nSPS) is 16.2. The Morgan fingerprint density at radius 1 is 0.973 bits per heavy atom. The molecule has 190 valence electrons. The Bertz CT molecular complexity index is 1340. The number of fused-ring (bicyclic) bond motifs is 1. The summed E-state index contributed by atoms with van der Waals surface area (Å²) < 4.78 is 23.1. The van der Waals surface area contributed by atoms with Crippen LogP contribution >= 0.6 is 0 Å². The van der Waals surface area contributed by atoms with Crippen molar-refractivity contribution in [2.75, 3.05) is 33.9 Å². The van der Waals surface area contributed by atoms with Crippen LogP contribution < -0.4 is 18.9 Å². The summed E-state index contributed by atoms with van der Waals surface area (Å²) in [6.45, 7) is 5.14. The van der Waals surface area contributed by atoms with Crippen molar-refractivity contribution >= 4 is 17.4 Å². The number of benzene rings is 3. The summed E-state index contributed by atoms with van der Waals surface area (Å²) >= 11 is 0. The Morgan fingerprint density at radius 2 is 1.70 bits per heavy atom. The first-order valence-corrected chi connectivity index (χ1v) is 12.5. The van der Waals surface area contributed by atoms with Crippen molar-refractivity contribution in [2.45, 2.75) is 19.9 Å². The van der Waals surface area contributed by atoms with Gasteiger partial charge >= 0.3 is 0 Å². The predicted molar refractivity (Wildman–Crippen MR) is 144 cm³/mol. The molecule has 0 bridgehead atoms. The maximum atomic E-state index is 13.5. The third-order valence-corrected chi connectivity index (χ3v) is 6.66. The lowest BCUT2D eigenvalue weighted by molar-refractivity contribution is 0.101. The molecule has 2 heterocycles. The zero-order chi connectivity index (χ0) is 25.8. The molecular formula is C31H31NO5. The van der Waals surface area contributed by atoms with Crippen molar-refractivity contribution in [3.63, 3.8) is 0 Å². The van der Waals surface area contributed by atoms with Crippen molar-refractivity contribution in [1.82, 2.24) is 4.90 Å². The zero-order valence-electron chi connectivity index (χ0n) is 21.5. The molecule has 6 heteroatoms. The molecule has 0 fully saturated rings. The molecule has 0 aliphatic carbocycles. The predicted octanol–water partition coefficient (Wildman–Crippen LogP) is 6.01. The summed E-state index contributed by atoms with van der Waals surface area (Å²) in [6.07, 6.45) is 4.78. The van der Waals surface area contributed by atoms with Crippen molar-refractivity contribution in [2.24, 2.45) is 0 Å². The monoisotopic (exact) mass is 497 g/mol. The van der Waals surface area contributed by atoms with E-state index in [1.54, 1.807) is 26.4 Å². The summed E-state index contributed by atoms with van der Waals surface area (Å²) in [6, 6.07) is 19.8. The molecule has 0 N–H and O–H groups in total. The second-order valence-electron chi connectivity index (χ2n) is 9.00. The summed E-state index contributed by atoms with van der Waals surface area (Å²) in [5.74, 6) is 2.42. The van der Waals surface area contributed by atoms with Gasteiger partial charge in [0, 0.05) is 25.7 Å². The van der Waals surface area contributed by atoms with Gasteiger partial charge in [0.15, 0.2) is 11.5 Å². The van der Waals surface area contributed by atoms with Gasteiger partial charge in [-0.1, -0.05) is 48.5 Å². The number of allylic oxidation sites excluding steroid dienone is 1. The SMILES string of the molecule is CCOc1ccc(C=C2Oc3c(c(OC)cc(OC)c3C3=CCN(Cc4ccccc4)CC3)C2=O)cc1. The number of carbonyl (C=O) groups excluding carboxylic acids is 1. The highest BCUT2D eigenvalue weighted by molar-refractivity contribution is 6.17. The Kier molecular flexibility index (Phi) is 7.28. The summed E-state index contributed by atoms with van der Waals surface area (Å²) in [7, 11) is 3.18. The number of methoxy groups -OCH3 is 2. The number of hydrogen-bond acceptors (Lipinski definition) is 6. The van der Waals surface area contributed by atoms with E-state index >= 15 is 0 Å². The molecular weight excluding hydrogens is 466 g/mol. The molecule has 2 aliphatic rings. The quantitative estimate of drug-likeness (QED) is 0.356. The van der Waals surface area contributed by atoms with Crippen molar-refractivity contribution < 1.29 is 23.7 Å². The maximum absolute atomic E-state index is 13.5. The van der Waals surface area contributed by atoms with E-state index in [1.807, 2.05) is 37.3 Å². The van der Waals surface area contributed by atoms with Gasteiger partial charge in [0.05, 0.1) is 26.4 Å². The molecule has 5 rings (SSSR count). The minimum absolute atomic E-state index is 0.202. The van der Waals surface area contributed by atoms with Gasteiger partial charge in [-0.2, -0.15) is 0 Å². The second-order valence-corrected chi connectivity index (χ2v) is 9.00. The lowest BCUT2D eigenvalue weighted by atomic mass is 9.94. The molecule has 0 saturated carbocycles. The Labute approximate surface area is 217 Å². The molecule has 0 unspecified atom stereocenters. The third-order valence-electron chi connectivity index (χ3n) is 6.66. The highest BCUT2D eigenvalue weighted by Gasteiger charge is 2.36. The van der Waals surface area contributed by atoms with Crippen LogP contribution in [-0.2, 0) is 6.54 Å². The van der Waals surface area contributed by atoms with Crippen molar-refractivity contribution in [3.8, 4) is 23.0 Å². The summed E-state index contributed by atoms with van der Waals surface area (Å²) in [5.41, 5.74) is 4.50. The molecule has 3 aromatic carbocycles. The highest BCUT2D eigenvalue weighted by Crippen LogP contribution is 2.49. The minimum Gasteiger partial charge on any atom is -0.496 e. The van der Waals surface area contributed by atoms with Crippen LogP contribution in [0.1, 0.15) is 40.4 Å². The number of ether oxygens (including phenoxy) is 4. The van der Waals surface area contributed by atoms with Gasteiger partial charge in [-0.15, -0.1) is 0 Å². The van der Waals surface area contributed by atoms with Crippen LogP contribution in [0.15, 0.2) is 72.5 Å². The second kappa shape index (κ2) is 10.9. The maximum Gasteiger partial charge on any atom is 0.235 e. The fourth-order valence-electron chi connectivity index (χ4n) is 4.83. The largest absolute Gasteiger partial charge is 0.496 e. The van der Waals surface area contributed by atoms with Gasteiger partial charge in [0.25, 0.3) is 0 Å². The number of rotatable bonds is 8. The lowest BCUT2D eigenvalue weighted by Gasteiger charge is -2.27. The van der Waals surface area contributed by atoms with Gasteiger partial charge in [0.1, 0.15) is 22.8 Å². The molecule has 0 atom stereocenters. The van der Waals surface area contributed by atoms with E-state index in [-0.39, 0.29) is 11.5 Å². The van der Waals surface area contributed by atoms with Gasteiger partial charge in [0.2, 0.25) is 5.78 Å². The van der Waals surface area contributed by atoms with E-state index < -0.39 is 0 Å². The summed E-state index contributed by atoms with van der Waals surface area (Å²) in [4.78, 5) is 15.9. The van der Waals surface area contributed by atoms with Gasteiger partial charge in [-0.25, -0.2) is 0 Å². The zero-order valence-corrected chi connectivity index (χ0v) is 21.5. The Balaban J connectivity index is 1.46. The number of hydrogen-bond donors (Lipinski definition) is 0. The van der Waals surface area contributed by atoms with Crippen LogP contribution in [0.25, 0.3) is 11.6 Å². The minimum atomic E-state index is -0.202. The molecule has 0 amide bonds. The average molecular weight is 498 g/mol. The first-order valence-electron chi connectivity index (χ1n) is 12.5. The van der Waals surface area contributed by atoms with Crippen LogP contribution in [-0.4, -0.2) is 44.6 Å². The van der Waals surface area contributed by atoms with Gasteiger partial charge in [-0.3, -0.25) is 9.69 Å². The first kappa shape index (κ1) is 24.7. The third kappa shape index (κ3) is 5.11. The molecule has 0 saturated heterocycles. The first-order chi connectivity index (χ1) is 18.1. The number of nitrogens with zero attached hydrogens (tertiary/aromatic N) is 1. The molecule has 0 spiro atoms. The van der Waals surface area contributed by atoms with E-state index in [1.165, 1.54) is 5.56 Å². The Morgan fingerprint density at radius 3 is 2.35 bits per heavy atom. The van der Waals surface area contributed by atoms with Crippen LogP contribution in [0.2, 0.25) is 0 Å². The van der Waals surface area contributed by atoms with Crippen LogP contribution in [0.4, 0.5) is 0 Å². The van der Waals surface area contributed by atoms with E-state index in [2.05, 4.69) is 35.2 Å². The Hall–Kier alpha value is -4.03. The van der Waals surface area contributed by atoms with Crippen LogP contribution in [0, 0.1) is 0 Å². The molecule has 2 aliphatic heterocycles. The van der Waals surface area contributed by atoms with Crippen LogP contribution in [0.5, 0.6) is 23.0 Å².